The molecular formula is C16H21F3N6O. The van der Waals surface area contributed by atoms with Gasteiger partial charge >= 0.3 is 12.2 Å². The Labute approximate surface area is 149 Å². The van der Waals surface area contributed by atoms with Gasteiger partial charge in [0.15, 0.2) is 0 Å². The number of carbonyl (C=O) groups excluding carboxylic acids is 1. The Hall–Kier alpha value is -2.78. The maximum atomic E-state index is 12.9. The molecule has 142 valence electrons. The van der Waals surface area contributed by atoms with Crippen LogP contribution in [0.2, 0.25) is 0 Å². The van der Waals surface area contributed by atoms with E-state index in [1.54, 1.807) is 10.9 Å². The smallest absolute Gasteiger partial charge is 0.368 e. The van der Waals surface area contributed by atoms with Crippen LogP contribution >= 0.6 is 0 Å². The van der Waals surface area contributed by atoms with Gasteiger partial charge in [-0.2, -0.15) is 18.3 Å². The molecular weight excluding hydrogens is 349 g/mol. The molecule has 3 N–H and O–H groups in total. The fourth-order valence-electron chi connectivity index (χ4n) is 2.40. The predicted octanol–water partition coefficient (Wildman–Crippen LogP) is 2.61. The average Bonchev–Trinajstić information content (AvgIpc) is 2.90. The minimum Gasteiger partial charge on any atom is -0.368 e. The summed E-state index contributed by atoms with van der Waals surface area (Å²) in [6.07, 6.45) is -1.53. The number of hydrogen-bond donors (Lipinski definition) is 3. The summed E-state index contributed by atoms with van der Waals surface area (Å²) in [5, 5.41) is 12.1. The molecule has 0 fully saturated rings. The van der Waals surface area contributed by atoms with E-state index in [-0.39, 0.29) is 24.9 Å². The number of anilines is 1. The molecule has 10 heteroatoms. The number of carbonyl (C=O) groups is 1. The van der Waals surface area contributed by atoms with E-state index < -0.39 is 17.8 Å². The minimum atomic E-state index is -4.49. The van der Waals surface area contributed by atoms with Gasteiger partial charge in [-0.25, -0.2) is 9.78 Å². The lowest BCUT2D eigenvalue weighted by Crippen LogP contribution is -2.39. The van der Waals surface area contributed by atoms with E-state index in [1.807, 2.05) is 20.9 Å². The lowest BCUT2D eigenvalue weighted by atomic mass is 10.1. The van der Waals surface area contributed by atoms with Crippen molar-refractivity contribution in [3.8, 4) is 0 Å². The fraction of sp³-hybridized carbons (Fsp3) is 0.438. The Morgan fingerprint density at radius 1 is 1.35 bits per heavy atom. The number of nitrogens with one attached hydrogen (secondary N) is 3. The van der Waals surface area contributed by atoms with Crippen molar-refractivity contribution < 1.29 is 18.0 Å². The number of pyridine rings is 1. The molecule has 1 unspecified atom stereocenters. The number of amides is 2. The number of hydrogen-bond acceptors (Lipinski definition) is 4. The molecule has 2 amide bonds. The molecule has 0 saturated heterocycles. The Morgan fingerprint density at radius 2 is 2.08 bits per heavy atom. The summed E-state index contributed by atoms with van der Waals surface area (Å²) >= 11 is 0. The van der Waals surface area contributed by atoms with E-state index in [9.17, 15) is 18.0 Å². The molecule has 1 atom stereocenters. The van der Waals surface area contributed by atoms with Crippen LogP contribution in [0.1, 0.15) is 29.8 Å². The van der Waals surface area contributed by atoms with Gasteiger partial charge in [-0.15, -0.1) is 0 Å². The van der Waals surface area contributed by atoms with Crippen LogP contribution in [0.5, 0.6) is 0 Å². The molecule has 0 aliphatic heterocycles. The van der Waals surface area contributed by atoms with Crippen LogP contribution in [-0.4, -0.2) is 33.9 Å². The lowest BCUT2D eigenvalue weighted by molar-refractivity contribution is -0.137. The standard InChI is InChI=1S/C16H21F3N6O/c1-10(12-9-23-25(3)11(12)2)24-15(26)22-8-7-21-14-13(16(17,18)19)5-4-6-20-14/h4-6,9-10H,7-8H2,1-3H3,(H,20,21)(H2,22,24,26). The van der Waals surface area contributed by atoms with Crippen LogP contribution in [0.25, 0.3) is 0 Å². The molecule has 0 aliphatic carbocycles. The van der Waals surface area contributed by atoms with Crippen molar-refractivity contribution in [2.24, 2.45) is 7.05 Å². The Bertz CT molecular complexity index is 759. The van der Waals surface area contributed by atoms with E-state index in [4.69, 9.17) is 0 Å². The second kappa shape index (κ2) is 8.07. The Kier molecular flexibility index (Phi) is 6.06. The third-order valence-corrected chi connectivity index (χ3v) is 3.90. The largest absolute Gasteiger partial charge is 0.419 e. The van der Waals surface area contributed by atoms with Gasteiger partial charge in [-0.3, -0.25) is 4.68 Å². The molecule has 0 aliphatic rings. The van der Waals surface area contributed by atoms with Crippen LogP contribution in [0.15, 0.2) is 24.5 Å². The summed E-state index contributed by atoms with van der Waals surface area (Å²) in [7, 11) is 1.81. The highest BCUT2D eigenvalue weighted by atomic mass is 19.4. The zero-order valence-corrected chi connectivity index (χ0v) is 14.7. The lowest BCUT2D eigenvalue weighted by Gasteiger charge is -2.16. The first-order chi connectivity index (χ1) is 12.2. The number of nitrogens with zero attached hydrogens (tertiary/aromatic N) is 3. The van der Waals surface area contributed by atoms with Gasteiger partial charge in [0.25, 0.3) is 0 Å². The number of urea groups is 1. The molecule has 0 radical (unpaired) electrons. The Balaban J connectivity index is 1.80. The maximum absolute atomic E-state index is 12.9. The van der Waals surface area contributed by atoms with Crippen LogP contribution in [0.3, 0.4) is 0 Å². The number of rotatable bonds is 6. The molecule has 0 spiro atoms. The summed E-state index contributed by atoms with van der Waals surface area (Å²) in [5.74, 6) is -0.262. The minimum absolute atomic E-state index is 0.105. The molecule has 0 aromatic carbocycles. The summed E-state index contributed by atoms with van der Waals surface area (Å²) in [5.41, 5.74) is 0.989. The van der Waals surface area contributed by atoms with Crippen LogP contribution in [0, 0.1) is 6.92 Å². The van der Waals surface area contributed by atoms with E-state index in [0.29, 0.717) is 0 Å². The normalized spacial score (nSPS) is 12.5. The number of aromatic nitrogens is 3. The van der Waals surface area contributed by atoms with E-state index in [1.165, 1.54) is 12.3 Å². The number of halogens is 3. The van der Waals surface area contributed by atoms with Gasteiger partial charge < -0.3 is 16.0 Å². The first-order valence-electron chi connectivity index (χ1n) is 7.99. The van der Waals surface area contributed by atoms with E-state index >= 15 is 0 Å². The highest BCUT2D eigenvalue weighted by Gasteiger charge is 2.33. The van der Waals surface area contributed by atoms with Crippen LogP contribution in [-0.2, 0) is 13.2 Å². The summed E-state index contributed by atoms with van der Waals surface area (Å²) < 4.78 is 40.3. The van der Waals surface area contributed by atoms with E-state index in [0.717, 1.165) is 17.3 Å². The second-order valence-electron chi connectivity index (χ2n) is 5.75. The zero-order chi connectivity index (χ0) is 19.3. The van der Waals surface area contributed by atoms with Crippen molar-refractivity contribution in [1.29, 1.82) is 0 Å². The van der Waals surface area contributed by atoms with Crippen molar-refractivity contribution in [3.05, 3.63) is 41.3 Å². The monoisotopic (exact) mass is 370 g/mol. The van der Waals surface area contributed by atoms with Gasteiger partial charge in [0, 0.05) is 37.6 Å². The molecule has 7 nitrogen and oxygen atoms in total. The molecule has 2 aromatic heterocycles. The van der Waals surface area contributed by atoms with Gasteiger partial charge in [0.2, 0.25) is 0 Å². The Morgan fingerprint density at radius 3 is 2.69 bits per heavy atom. The van der Waals surface area contributed by atoms with E-state index in [2.05, 4.69) is 26.0 Å². The van der Waals surface area contributed by atoms with Crippen LogP contribution < -0.4 is 16.0 Å². The molecule has 2 heterocycles. The van der Waals surface area contributed by atoms with Gasteiger partial charge in [-0.1, -0.05) is 0 Å². The predicted molar refractivity (Wildman–Crippen MR) is 90.6 cm³/mol. The van der Waals surface area contributed by atoms with Crippen molar-refractivity contribution in [1.82, 2.24) is 25.4 Å². The topological polar surface area (TPSA) is 83.9 Å². The SMILES string of the molecule is Cc1c(C(C)NC(=O)NCCNc2ncccc2C(F)(F)F)cnn1C. The molecule has 2 rings (SSSR count). The third-order valence-electron chi connectivity index (χ3n) is 3.90. The first kappa shape index (κ1) is 19.5. The van der Waals surface area contributed by atoms with Gasteiger partial charge in [0.05, 0.1) is 17.8 Å². The van der Waals surface area contributed by atoms with Gasteiger partial charge in [0.1, 0.15) is 5.82 Å². The number of alkyl halides is 3. The van der Waals surface area contributed by atoms with Crippen molar-refractivity contribution in [2.75, 3.05) is 18.4 Å². The summed E-state index contributed by atoms with van der Waals surface area (Å²) in [6.45, 7) is 3.96. The van der Waals surface area contributed by atoms with Crippen LogP contribution in [0.4, 0.5) is 23.8 Å². The second-order valence-corrected chi connectivity index (χ2v) is 5.75. The van der Waals surface area contributed by atoms with Crippen molar-refractivity contribution in [3.63, 3.8) is 0 Å². The molecule has 2 aromatic rings. The average molecular weight is 370 g/mol. The maximum Gasteiger partial charge on any atom is 0.419 e. The fourth-order valence-corrected chi connectivity index (χ4v) is 2.40. The molecule has 26 heavy (non-hydrogen) atoms. The molecule has 0 saturated carbocycles. The highest BCUT2D eigenvalue weighted by molar-refractivity contribution is 5.74. The summed E-state index contributed by atoms with van der Waals surface area (Å²) in [6, 6.07) is 1.51. The quantitative estimate of drug-likeness (QED) is 0.683. The van der Waals surface area contributed by atoms with Crippen molar-refractivity contribution in [2.45, 2.75) is 26.1 Å². The number of aryl methyl sites for hydroxylation is 1. The third kappa shape index (κ3) is 4.87. The molecule has 0 bridgehead atoms. The highest BCUT2D eigenvalue weighted by Crippen LogP contribution is 2.33. The van der Waals surface area contributed by atoms with Crippen molar-refractivity contribution >= 4 is 11.8 Å². The summed E-state index contributed by atoms with van der Waals surface area (Å²) in [4.78, 5) is 15.6. The van der Waals surface area contributed by atoms with Gasteiger partial charge in [-0.05, 0) is 26.0 Å². The first-order valence-corrected chi connectivity index (χ1v) is 7.99. The zero-order valence-electron chi connectivity index (χ0n) is 14.7.